The quantitative estimate of drug-likeness (QED) is 0.348. The van der Waals surface area contributed by atoms with E-state index >= 15 is 0 Å². The number of piperidine rings is 1. The third-order valence-electron chi connectivity index (χ3n) is 5.49. The van der Waals surface area contributed by atoms with Gasteiger partial charge in [0.2, 0.25) is 5.91 Å². The van der Waals surface area contributed by atoms with Crippen molar-refractivity contribution in [1.82, 2.24) is 20.4 Å². The summed E-state index contributed by atoms with van der Waals surface area (Å²) in [6.07, 6.45) is 5.95. The highest BCUT2D eigenvalue weighted by molar-refractivity contribution is 5.84. The molecule has 1 amide bonds. The fourth-order valence-corrected chi connectivity index (χ4v) is 3.55. The van der Waals surface area contributed by atoms with Crippen molar-refractivity contribution in [2.24, 2.45) is 4.99 Å². The van der Waals surface area contributed by atoms with Crippen LogP contribution in [0.4, 0.5) is 0 Å². The molecule has 0 radical (unpaired) electrons. The lowest BCUT2D eigenvalue weighted by Gasteiger charge is -2.35. The summed E-state index contributed by atoms with van der Waals surface area (Å²) in [6.45, 7) is 6.10. The van der Waals surface area contributed by atoms with Crippen molar-refractivity contribution in [2.45, 2.75) is 45.1 Å². The fraction of sp³-hybridized carbons (Fsp3) is 0.652. The van der Waals surface area contributed by atoms with Crippen LogP contribution in [0.15, 0.2) is 29.3 Å². The number of unbranched alkanes of at least 4 members (excludes halogenated alkanes) is 1. The number of benzene rings is 1. The molecule has 1 unspecified atom stereocenters. The molecule has 1 fully saturated rings. The van der Waals surface area contributed by atoms with Crippen molar-refractivity contribution < 1.29 is 9.53 Å². The number of rotatable bonds is 10. The average molecular weight is 418 g/mol. The monoisotopic (exact) mass is 417 g/mol. The molecule has 1 atom stereocenters. The zero-order valence-corrected chi connectivity index (χ0v) is 19.1. The van der Waals surface area contributed by atoms with Gasteiger partial charge in [-0.25, -0.2) is 4.99 Å². The van der Waals surface area contributed by atoms with Crippen molar-refractivity contribution in [1.29, 1.82) is 0 Å². The number of carbonyl (C=O) groups is 1. The molecule has 7 nitrogen and oxygen atoms in total. The second kappa shape index (κ2) is 13.1. The first kappa shape index (κ1) is 24.0. The second-order valence-corrected chi connectivity index (χ2v) is 8.00. The Balaban J connectivity index is 2.11. The number of hydrogen-bond donors (Lipinski definition) is 2. The summed E-state index contributed by atoms with van der Waals surface area (Å²) in [6, 6.07) is 8.60. The molecule has 30 heavy (non-hydrogen) atoms. The molecule has 1 heterocycles. The standard InChI is InChI=1S/C23H39N5O2/c1-5-6-14-24-23(26-18-22(29)27(2)3)25-17-21(28-15-8-7-9-16-28)19-10-12-20(30-4)13-11-19/h10-13,21H,5-9,14-18H2,1-4H3,(H2,24,25,26). The first-order valence-corrected chi connectivity index (χ1v) is 11.2. The Hall–Kier alpha value is -2.28. The van der Waals surface area contributed by atoms with Crippen LogP contribution in [0.1, 0.15) is 50.6 Å². The third kappa shape index (κ3) is 7.86. The molecular weight excluding hydrogens is 378 g/mol. The molecule has 2 N–H and O–H groups in total. The molecule has 0 aromatic heterocycles. The molecule has 0 aliphatic carbocycles. The van der Waals surface area contributed by atoms with Gasteiger partial charge in [0.25, 0.3) is 0 Å². The summed E-state index contributed by atoms with van der Waals surface area (Å²) < 4.78 is 5.33. The molecule has 2 rings (SSSR count). The largest absolute Gasteiger partial charge is 0.497 e. The number of likely N-dealkylation sites (tertiary alicyclic amines) is 1. The predicted molar refractivity (Wildman–Crippen MR) is 123 cm³/mol. The summed E-state index contributed by atoms with van der Waals surface area (Å²) in [7, 11) is 5.20. The topological polar surface area (TPSA) is 69.2 Å². The van der Waals surface area contributed by atoms with E-state index in [1.54, 1.807) is 26.1 Å². The van der Waals surface area contributed by atoms with Crippen molar-refractivity contribution >= 4 is 11.9 Å². The van der Waals surface area contributed by atoms with Gasteiger partial charge in [-0.1, -0.05) is 31.9 Å². The summed E-state index contributed by atoms with van der Waals surface area (Å²) in [5, 5.41) is 6.87. The van der Waals surface area contributed by atoms with Crippen LogP contribution in [0.5, 0.6) is 5.75 Å². The van der Waals surface area contributed by atoms with E-state index in [4.69, 9.17) is 4.74 Å². The molecule has 1 aromatic rings. The minimum absolute atomic E-state index is 0.00525. The van der Waals surface area contributed by atoms with E-state index in [-0.39, 0.29) is 18.5 Å². The Bertz CT molecular complexity index is 654. The Morgan fingerprint density at radius 1 is 1.17 bits per heavy atom. The second-order valence-electron chi connectivity index (χ2n) is 8.00. The summed E-state index contributed by atoms with van der Waals surface area (Å²) >= 11 is 0. The van der Waals surface area contributed by atoms with Crippen LogP contribution in [0.2, 0.25) is 0 Å². The van der Waals surface area contributed by atoms with E-state index in [1.165, 1.54) is 24.8 Å². The van der Waals surface area contributed by atoms with Gasteiger partial charge in [-0.2, -0.15) is 0 Å². The van der Waals surface area contributed by atoms with Gasteiger partial charge in [0.15, 0.2) is 5.96 Å². The highest BCUT2D eigenvalue weighted by Crippen LogP contribution is 2.25. The zero-order valence-electron chi connectivity index (χ0n) is 19.1. The van der Waals surface area contributed by atoms with E-state index < -0.39 is 0 Å². The Kier molecular flexibility index (Phi) is 10.5. The number of nitrogens with zero attached hydrogens (tertiary/aromatic N) is 3. The number of aliphatic imine (C=N–C) groups is 1. The van der Waals surface area contributed by atoms with Crippen LogP contribution < -0.4 is 15.4 Å². The first-order chi connectivity index (χ1) is 14.5. The highest BCUT2D eigenvalue weighted by Gasteiger charge is 2.22. The normalized spacial score (nSPS) is 16.1. The smallest absolute Gasteiger partial charge is 0.243 e. The molecule has 7 heteroatoms. The van der Waals surface area contributed by atoms with Gasteiger partial charge >= 0.3 is 0 Å². The first-order valence-electron chi connectivity index (χ1n) is 11.2. The van der Waals surface area contributed by atoms with E-state index in [9.17, 15) is 4.79 Å². The maximum Gasteiger partial charge on any atom is 0.243 e. The minimum atomic E-state index is -0.00525. The van der Waals surface area contributed by atoms with Crippen LogP contribution >= 0.6 is 0 Å². The molecule has 0 saturated carbocycles. The van der Waals surface area contributed by atoms with Crippen LogP contribution in [0, 0.1) is 0 Å². The molecule has 1 aliphatic heterocycles. The Morgan fingerprint density at radius 2 is 1.87 bits per heavy atom. The van der Waals surface area contributed by atoms with Gasteiger partial charge in [0.1, 0.15) is 12.3 Å². The Morgan fingerprint density at radius 3 is 2.47 bits per heavy atom. The van der Waals surface area contributed by atoms with Gasteiger partial charge in [-0.05, 0) is 50.0 Å². The van der Waals surface area contributed by atoms with Gasteiger partial charge in [0.05, 0.1) is 13.2 Å². The number of methoxy groups -OCH3 is 1. The number of ether oxygens (including phenoxy) is 1. The summed E-state index contributed by atoms with van der Waals surface area (Å²) in [5.74, 6) is 1.57. The van der Waals surface area contributed by atoms with Gasteiger partial charge < -0.3 is 20.3 Å². The predicted octanol–water partition coefficient (Wildman–Crippen LogP) is 2.65. The molecule has 1 saturated heterocycles. The lowest BCUT2D eigenvalue weighted by molar-refractivity contribution is -0.127. The molecule has 0 spiro atoms. The highest BCUT2D eigenvalue weighted by atomic mass is 16.5. The minimum Gasteiger partial charge on any atom is -0.497 e. The van der Waals surface area contributed by atoms with Crippen molar-refractivity contribution in [3.05, 3.63) is 29.8 Å². The SMILES string of the molecule is CCCCNC(=NCC(=O)N(C)C)NCC(c1ccc(OC)cc1)N1CCCCC1. The van der Waals surface area contributed by atoms with Gasteiger partial charge in [0, 0.05) is 27.2 Å². The molecular formula is C23H39N5O2. The number of amides is 1. The Labute approximate surface area is 181 Å². The lowest BCUT2D eigenvalue weighted by atomic mass is 10.0. The number of hydrogen-bond acceptors (Lipinski definition) is 4. The maximum atomic E-state index is 12.0. The van der Waals surface area contributed by atoms with Crippen molar-refractivity contribution in [3.63, 3.8) is 0 Å². The third-order valence-corrected chi connectivity index (χ3v) is 5.49. The van der Waals surface area contributed by atoms with E-state index in [2.05, 4.69) is 39.6 Å². The number of nitrogens with one attached hydrogen (secondary N) is 2. The molecule has 168 valence electrons. The lowest BCUT2D eigenvalue weighted by Crippen LogP contribution is -2.45. The van der Waals surface area contributed by atoms with Gasteiger partial charge in [-0.3, -0.25) is 9.69 Å². The number of guanidine groups is 1. The number of carbonyl (C=O) groups excluding carboxylic acids is 1. The summed E-state index contributed by atoms with van der Waals surface area (Å²) in [5.41, 5.74) is 1.27. The fourth-order valence-electron chi connectivity index (χ4n) is 3.55. The zero-order chi connectivity index (χ0) is 21.8. The van der Waals surface area contributed by atoms with Crippen LogP contribution in [-0.4, -0.2) is 75.6 Å². The number of likely N-dealkylation sites (N-methyl/N-ethyl adjacent to an activating group) is 1. The molecule has 1 aliphatic rings. The molecule has 1 aromatic carbocycles. The average Bonchev–Trinajstić information content (AvgIpc) is 2.78. The maximum absolute atomic E-state index is 12.0. The van der Waals surface area contributed by atoms with E-state index in [0.29, 0.717) is 5.96 Å². The van der Waals surface area contributed by atoms with Gasteiger partial charge in [-0.15, -0.1) is 0 Å². The van der Waals surface area contributed by atoms with Crippen LogP contribution in [0.25, 0.3) is 0 Å². The van der Waals surface area contributed by atoms with Crippen molar-refractivity contribution in [2.75, 3.05) is 53.9 Å². The van der Waals surface area contributed by atoms with Crippen molar-refractivity contribution in [3.8, 4) is 5.75 Å². The van der Waals surface area contributed by atoms with E-state index in [0.717, 1.165) is 44.8 Å². The summed E-state index contributed by atoms with van der Waals surface area (Å²) in [4.78, 5) is 20.6. The van der Waals surface area contributed by atoms with Crippen LogP contribution in [0.3, 0.4) is 0 Å². The van der Waals surface area contributed by atoms with Crippen LogP contribution in [-0.2, 0) is 4.79 Å². The molecule has 0 bridgehead atoms. The van der Waals surface area contributed by atoms with E-state index in [1.807, 2.05) is 12.1 Å².